The predicted molar refractivity (Wildman–Crippen MR) is 88.7 cm³/mol. The Morgan fingerprint density at radius 1 is 1.11 bits per heavy atom. The van der Waals surface area contributed by atoms with Crippen LogP contribution in [-0.2, 0) is 33.5 Å². The van der Waals surface area contributed by atoms with Crippen LogP contribution in [0.4, 0.5) is 4.79 Å². The van der Waals surface area contributed by atoms with Crippen LogP contribution in [0.15, 0.2) is 0 Å². The average molecular weight is 384 g/mol. The van der Waals surface area contributed by atoms with E-state index in [2.05, 4.69) is 0 Å². The zero-order valence-electron chi connectivity index (χ0n) is 15.9. The van der Waals surface area contributed by atoms with Crippen molar-refractivity contribution in [2.75, 3.05) is 6.54 Å². The van der Waals surface area contributed by atoms with Crippen molar-refractivity contribution < 1.29 is 38.3 Å². The lowest BCUT2D eigenvalue weighted by Crippen LogP contribution is -2.45. The van der Waals surface area contributed by atoms with Crippen molar-refractivity contribution in [2.24, 2.45) is 0 Å². The Hall–Kier alpha value is -2.65. The molecule has 10 nitrogen and oxygen atoms in total. The first-order chi connectivity index (χ1) is 12.5. The molecule has 2 aliphatic heterocycles. The van der Waals surface area contributed by atoms with Gasteiger partial charge in [0.15, 0.2) is 6.10 Å². The van der Waals surface area contributed by atoms with Gasteiger partial charge in [-0.1, -0.05) is 0 Å². The lowest BCUT2D eigenvalue weighted by Gasteiger charge is -2.28. The van der Waals surface area contributed by atoms with Crippen LogP contribution in [0, 0.1) is 0 Å². The SMILES string of the molecule is C[C@H](OC(=O)[C@@H]1CCCN1C(=O)OC(C)(C)C)C(=O)ON1C(=O)CCC1=O. The van der Waals surface area contributed by atoms with Crippen LogP contribution in [-0.4, -0.2) is 64.1 Å². The molecular formula is C17H24N2O8. The Labute approximate surface area is 156 Å². The van der Waals surface area contributed by atoms with Crippen LogP contribution in [0.5, 0.6) is 0 Å². The van der Waals surface area contributed by atoms with Crippen molar-refractivity contribution in [2.45, 2.75) is 71.1 Å². The molecule has 0 spiro atoms. The highest BCUT2D eigenvalue weighted by atomic mass is 16.7. The number of likely N-dealkylation sites (tertiary alicyclic amines) is 1. The molecule has 10 heteroatoms. The molecule has 2 rings (SSSR count). The first-order valence-electron chi connectivity index (χ1n) is 8.77. The molecular weight excluding hydrogens is 360 g/mol. The molecule has 150 valence electrons. The van der Waals surface area contributed by atoms with Crippen LogP contribution in [0.3, 0.4) is 0 Å². The minimum Gasteiger partial charge on any atom is -0.449 e. The largest absolute Gasteiger partial charge is 0.449 e. The fourth-order valence-electron chi connectivity index (χ4n) is 2.67. The van der Waals surface area contributed by atoms with Crippen molar-refractivity contribution in [3.8, 4) is 0 Å². The highest BCUT2D eigenvalue weighted by Crippen LogP contribution is 2.22. The third kappa shape index (κ3) is 5.18. The summed E-state index contributed by atoms with van der Waals surface area (Å²) in [5.74, 6) is -3.08. The van der Waals surface area contributed by atoms with Gasteiger partial charge in [-0.25, -0.2) is 14.4 Å². The van der Waals surface area contributed by atoms with E-state index in [0.717, 1.165) is 0 Å². The number of hydrogen-bond donors (Lipinski definition) is 0. The Morgan fingerprint density at radius 2 is 1.70 bits per heavy atom. The van der Waals surface area contributed by atoms with Gasteiger partial charge in [0.2, 0.25) is 0 Å². The highest BCUT2D eigenvalue weighted by molar-refractivity contribution is 6.01. The van der Waals surface area contributed by atoms with Gasteiger partial charge in [-0.3, -0.25) is 14.5 Å². The smallest absolute Gasteiger partial charge is 0.411 e. The maximum atomic E-state index is 12.4. The number of hydroxylamine groups is 2. The molecule has 2 aliphatic rings. The van der Waals surface area contributed by atoms with E-state index in [1.807, 2.05) is 0 Å². The number of ether oxygens (including phenoxy) is 2. The van der Waals surface area contributed by atoms with E-state index in [-0.39, 0.29) is 12.8 Å². The van der Waals surface area contributed by atoms with Gasteiger partial charge in [0.05, 0.1) is 0 Å². The van der Waals surface area contributed by atoms with Gasteiger partial charge in [-0.15, -0.1) is 5.06 Å². The van der Waals surface area contributed by atoms with Crippen molar-refractivity contribution >= 4 is 29.8 Å². The van der Waals surface area contributed by atoms with Gasteiger partial charge < -0.3 is 14.3 Å². The second kappa shape index (κ2) is 7.93. The maximum Gasteiger partial charge on any atom is 0.411 e. The van der Waals surface area contributed by atoms with E-state index in [4.69, 9.17) is 14.3 Å². The van der Waals surface area contributed by atoms with Crippen LogP contribution in [0.1, 0.15) is 53.4 Å². The van der Waals surface area contributed by atoms with Crippen molar-refractivity contribution in [3.63, 3.8) is 0 Å². The molecule has 3 amide bonds. The standard InChI is InChI=1S/C17H24N2O8/c1-10(14(22)27-19-12(20)7-8-13(19)21)25-15(23)11-6-5-9-18(11)16(24)26-17(2,3)4/h10-11H,5-9H2,1-4H3/t10-,11-/m0/s1. The number of imide groups is 1. The van der Waals surface area contributed by atoms with Gasteiger partial charge >= 0.3 is 18.0 Å². The first-order valence-corrected chi connectivity index (χ1v) is 8.77. The molecule has 0 aromatic heterocycles. The van der Waals surface area contributed by atoms with Crippen molar-refractivity contribution in [3.05, 3.63) is 0 Å². The predicted octanol–water partition coefficient (Wildman–Crippen LogP) is 0.925. The lowest BCUT2D eigenvalue weighted by atomic mass is 10.2. The quantitative estimate of drug-likeness (QED) is 0.518. The molecule has 0 aromatic rings. The second-order valence-electron chi connectivity index (χ2n) is 7.40. The molecule has 0 bridgehead atoms. The third-order valence-corrected chi connectivity index (χ3v) is 3.96. The second-order valence-corrected chi connectivity index (χ2v) is 7.40. The summed E-state index contributed by atoms with van der Waals surface area (Å²) >= 11 is 0. The summed E-state index contributed by atoms with van der Waals surface area (Å²) in [7, 11) is 0. The number of rotatable bonds is 4. The van der Waals surface area contributed by atoms with Crippen LogP contribution >= 0.6 is 0 Å². The monoisotopic (exact) mass is 384 g/mol. The number of esters is 1. The fraction of sp³-hybridized carbons (Fsp3) is 0.706. The summed E-state index contributed by atoms with van der Waals surface area (Å²) in [4.78, 5) is 65.5. The summed E-state index contributed by atoms with van der Waals surface area (Å²) in [6.45, 7) is 6.75. The normalized spacial score (nSPS) is 21.3. The Balaban J connectivity index is 1.92. The summed E-state index contributed by atoms with van der Waals surface area (Å²) < 4.78 is 10.3. The van der Waals surface area contributed by atoms with E-state index >= 15 is 0 Å². The zero-order chi connectivity index (χ0) is 20.4. The molecule has 2 fully saturated rings. The highest BCUT2D eigenvalue weighted by Gasteiger charge is 2.40. The lowest BCUT2D eigenvalue weighted by molar-refractivity contribution is -0.205. The molecule has 2 atom stereocenters. The maximum absolute atomic E-state index is 12.4. The number of carbonyl (C=O) groups is 5. The number of amides is 3. The first kappa shape index (κ1) is 20.7. The van der Waals surface area contributed by atoms with Gasteiger partial charge in [-0.2, -0.15) is 0 Å². The molecule has 0 radical (unpaired) electrons. The molecule has 0 saturated carbocycles. The van der Waals surface area contributed by atoms with Gasteiger partial charge in [-0.05, 0) is 40.5 Å². The Kier molecular flexibility index (Phi) is 6.07. The summed E-state index contributed by atoms with van der Waals surface area (Å²) in [6.07, 6.45) is -1.08. The van der Waals surface area contributed by atoms with Crippen LogP contribution in [0.2, 0.25) is 0 Å². The molecule has 2 heterocycles. The Morgan fingerprint density at radius 3 is 2.26 bits per heavy atom. The van der Waals surface area contributed by atoms with E-state index in [1.54, 1.807) is 20.8 Å². The molecule has 0 N–H and O–H groups in total. The van der Waals surface area contributed by atoms with E-state index in [9.17, 15) is 24.0 Å². The van der Waals surface area contributed by atoms with E-state index in [1.165, 1.54) is 11.8 Å². The molecule has 0 unspecified atom stereocenters. The van der Waals surface area contributed by atoms with Crippen LogP contribution in [0.25, 0.3) is 0 Å². The van der Waals surface area contributed by atoms with Crippen LogP contribution < -0.4 is 0 Å². The number of nitrogens with zero attached hydrogens (tertiary/aromatic N) is 2. The summed E-state index contributed by atoms with van der Waals surface area (Å²) in [6, 6.07) is -0.870. The number of carbonyl (C=O) groups excluding carboxylic acids is 5. The van der Waals surface area contributed by atoms with E-state index < -0.39 is 47.6 Å². The third-order valence-electron chi connectivity index (χ3n) is 3.96. The summed E-state index contributed by atoms with van der Waals surface area (Å²) in [5.41, 5.74) is -0.708. The minimum absolute atomic E-state index is 0.0345. The fourth-order valence-corrected chi connectivity index (χ4v) is 2.67. The summed E-state index contributed by atoms with van der Waals surface area (Å²) in [5, 5.41) is 0.384. The topological polar surface area (TPSA) is 120 Å². The van der Waals surface area contributed by atoms with Gasteiger partial charge in [0, 0.05) is 19.4 Å². The van der Waals surface area contributed by atoms with Crippen molar-refractivity contribution in [1.29, 1.82) is 0 Å². The minimum atomic E-state index is -1.35. The molecule has 0 aromatic carbocycles. The van der Waals surface area contributed by atoms with Gasteiger partial charge in [0.25, 0.3) is 11.8 Å². The van der Waals surface area contributed by atoms with Crippen molar-refractivity contribution in [1.82, 2.24) is 9.96 Å². The zero-order valence-corrected chi connectivity index (χ0v) is 15.9. The molecule has 2 saturated heterocycles. The average Bonchev–Trinajstić information content (AvgIpc) is 3.15. The van der Waals surface area contributed by atoms with E-state index in [0.29, 0.717) is 24.4 Å². The molecule has 0 aliphatic carbocycles. The number of hydrogen-bond acceptors (Lipinski definition) is 8. The Bertz CT molecular complexity index is 638. The molecule has 27 heavy (non-hydrogen) atoms. The van der Waals surface area contributed by atoms with Gasteiger partial charge in [0.1, 0.15) is 11.6 Å².